The zero-order valence-electron chi connectivity index (χ0n) is 26.3. The topological polar surface area (TPSA) is 256 Å². The van der Waals surface area contributed by atoms with E-state index >= 15 is 0 Å². The second-order valence-electron chi connectivity index (χ2n) is 8.59. The number of hydrogen-bond acceptors (Lipinski definition) is 15. The number of anilines is 2. The van der Waals surface area contributed by atoms with Crippen molar-refractivity contribution < 1.29 is 137 Å². The average Bonchev–Trinajstić information content (AvgIpc) is 2.98. The molecule has 3 aromatic rings. The second-order valence-corrected chi connectivity index (χ2v) is 12.9. The van der Waals surface area contributed by atoms with Crippen molar-refractivity contribution in [3.8, 4) is 5.75 Å². The van der Waals surface area contributed by atoms with E-state index in [2.05, 4.69) is 39.1 Å². The number of Topliss-reactive ketones (excluding diaryl/α,β-unsaturated/α-hetero) is 1. The molecule has 0 heterocycles. The van der Waals surface area contributed by atoms with E-state index in [0.29, 0.717) is 22.7 Å². The molecule has 0 saturated heterocycles. The van der Waals surface area contributed by atoms with Crippen molar-refractivity contribution in [1.82, 2.24) is 0 Å². The molecule has 0 saturated carbocycles. The molecular formula is C26H23N5Na3O11S3-. The third-order valence-electron chi connectivity index (χ3n) is 5.78. The number of ketones is 1. The van der Waals surface area contributed by atoms with Crippen LogP contribution in [0.2, 0.25) is 0 Å². The van der Waals surface area contributed by atoms with Gasteiger partial charge in [0.25, 0.3) is 0 Å². The molecule has 240 valence electrons. The van der Waals surface area contributed by atoms with Crippen molar-refractivity contribution in [3.63, 3.8) is 0 Å². The minimum atomic E-state index is -5.12. The number of allylic oxidation sites excluding steroid dienone is 1. The van der Waals surface area contributed by atoms with Crippen molar-refractivity contribution in [2.75, 3.05) is 30.7 Å². The number of sulfone groups is 1. The first-order chi connectivity index (χ1) is 21.0. The summed E-state index contributed by atoms with van der Waals surface area (Å²) < 4.78 is 98.1. The fraction of sp³-hybridized carbons (Fsp3) is 0.115. The van der Waals surface area contributed by atoms with Gasteiger partial charge in [-0.2, -0.15) is 27.5 Å². The predicted octanol–water partition coefficient (Wildman–Crippen LogP) is -5.84. The molecule has 22 heteroatoms. The van der Waals surface area contributed by atoms with Crippen LogP contribution in [0.4, 0.5) is 22.7 Å². The molecule has 1 aliphatic carbocycles. The summed E-state index contributed by atoms with van der Waals surface area (Å²) >= 11 is 0. The first kappa shape index (κ1) is 46.5. The van der Waals surface area contributed by atoms with Crippen molar-refractivity contribution in [2.24, 2.45) is 15.3 Å². The molecule has 4 rings (SSSR count). The molecule has 1 aliphatic rings. The Hall–Kier alpha value is -1.53. The number of rotatable bonds is 9. The fourth-order valence-corrected chi connectivity index (χ4v) is 5.24. The van der Waals surface area contributed by atoms with Gasteiger partial charge in [0.15, 0.2) is 9.84 Å². The van der Waals surface area contributed by atoms with E-state index in [9.17, 15) is 26.2 Å². The van der Waals surface area contributed by atoms with Gasteiger partial charge >= 0.3 is 88.7 Å². The van der Waals surface area contributed by atoms with E-state index in [1.165, 1.54) is 13.2 Å². The van der Waals surface area contributed by atoms with Gasteiger partial charge in [0.2, 0.25) is 10.4 Å². The normalized spacial score (nSPS) is 13.2. The zero-order chi connectivity index (χ0) is 33.6. The van der Waals surface area contributed by atoms with E-state index in [0.717, 1.165) is 18.2 Å². The summed E-state index contributed by atoms with van der Waals surface area (Å²) in [5.41, 5.74) is 4.07. The maximum atomic E-state index is 13.2. The molecule has 16 nitrogen and oxygen atoms in total. The molecule has 3 N–H and O–H groups in total. The van der Waals surface area contributed by atoms with Gasteiger partial charge in [-0.05, 0) is 36.4 Å². The Balaban J connectivity index is 0.00000257. The Morgan fingerprint density at radius 3 is 2.12 bits per heavy atom. The van der Waals surface area contributed by atoms with Gasteiger partial charge < -0.3 is 30.9 Å². The molecule has 3 aromatic carbocycles. The Kier molecular flexibility index (Phi) is 19.1. The van der Waals surface area contributed by atoms with E-state index in [1.807, 2.05) is 0 Å². The standard InChI is InChI=1S/C26H23N5O7S2.3Na.H2O4S/c1-4-39(33,34)16-9-12-20(24(15-16)40(35,36)37)29-31-25-17-10-14-22(26(32)18(17)11-13-21(25)27-2)30-28-19-7-5-6-8-23(19)38-3;;;;1-5(2,3)4/h5-13,15,27-28H,1,4H2,2-3H3,(H,35,36,37);;;;(H2,1,2,3,4)/q-2;3*+1;/p-2/b30-22+,31-29?;;;;. The predicted molar refractivity (Wildman–Crippen MR) is 160 cm³/mol. The Morgan fingerprint density at radius 1 is 0.938 bits per heavy atom. The van der Waals surface area contributed by atoms with Crippen LogP contribution in [0.3, 0.4) is 0 Å². The summed E-state index contributed by atoms with van der Waals surface area (Å²) in [5, 5.41) is 15.1. The van der Waals surface area contributed by atoms with E-state index in [1.54, 1.807) is 43.4 Å². The molecule has 0 fully saturated rings. The zero-order valence-corrected chi connectivity index (χ0v) is 34.7. The number of methoxy groups -OCH3 is 1. The van der Waals surface area contributed by atoms with Crippen molar-refractivity contribution in [2.45, 2.75) is 9.79 Å². The van der Waals surface area contributed by atoms with Crippen molar-refractivity contribution in [1.29, 1.82) is 0 Å². The minimum absolute atomic E-state index is 0. The molecule has 0 unspecified atom stereocenters. The third-order valence-corrected chi connectivity index (χ3v) is 8.16. The van der Waals surface area contributed by atoms with Crippen LogP contribution in [0.25, 0.3) is 6.08 Å². The first-order valence-corrected chi connectivity index (χ1v) is 16.6. The van der Waals surface area contributed by atoms with Crippen LogP contribution in [0, 0.1) is 13.0 Å². The van der Waals surface area contributed by atoms with E-state index in [4.69, 9.17) is 22.3 Å². The summed E-state index contributed by atoms with van der Waals surface area (Å²) in [7, 11) is -10.8. The molecule has 0 aliphatic heterocycles. The van der Waals surface area contributed by atoms with Gasteiger partial charge in [-0.15, -0.1) is 0 Å². The van der Waals surface area contributed by atoms with Crippen molar-refractivity contribution in [3.05, 3.63) is 78.7 Å². The molecular weight excluding hydrogens is 723 g/mol. The van der Waals surface area contributed by atoms with Crippen LogP contribution in [0.5, 0.6) is 5.75 Å². The van der Waals surface area contributed by atoms with Crippen LogP contribution < -0.4 is 104 Å². The summed E-state index contributed by atoms with van der Waals surface area (Å²) in [4.78, 5) is 12.0. The number of nitrogens with zero attached hydrogens (tertiary/aromatic N) is 3. The Morgan fingerprint density at radius 2 is 1.56 bits per heavy atom. The fourth-order valence-electron chi connectivity index (χ4n) is 3.72. The first-order valence-electron chi connectivity index (χ1n) is 12.2. The SMILES string of the molecule is O=S(=O)([O-])O.[CH2-]CS(=O)(=O)c1ccc(N=Nc2c(NC)ccc3c2C=[C-]/C(=N\Nc2ccccc2OC)C3=O)c(S(=O)(=O)[O-])c1.[Na+].[Na+].[Na+]. The number of hydrazone groups is 1. The van der Waals surface area contributed by atoms with Crippen LogP contribution in [0.1, 0.15) is 15.9 Å². The molecule has 0 bridgehead atoms. The van der Waals surface area contributed by atoms with Gasteiger partial charge in [0, 0.05) is 18.4 Å². The number of ether oxygens (including phenoxy) is 1. The average molecular weight is 747 g/mol. The molecule has 0 atom stereocenters. The summed E-state index contributed by atoms with van der Waals surface area (Å²) in [6.45, 7) is 3.31. The van der Waals surface area contributed by atoms with Crippen molar-refractivity contribution >= 4 is 70.7 Å². The maximum Gasteiger partial charge on any atom is 1.00 e. The number of nitrogens with one attached hydrogen (secondary N) is 2. The summed E-state index contributed by atoms with van der Waals surface area (Å²) in [5.74, 6) is -0.480. The van der Waals surface area contributed by atoms with E-state index < -0.39 is 46.8 Å². The van der Waals surface area contributed by atoms with Crippen LogP contribution in [0.15, 0.2) is 79.7 Å². The number of carbonyl (C=O) groups excluding carboxylic acids is 1. The van der Waals surface area contributed by atoms with Gasteiger partial charge in [0.1, 0.15) is 21.6 Å². The van der Waals surface area contributed by atoms with Gasteiger partial charge in [-0.25, -0.2) is 25.3 Å². The quantitative estimate of drug-likeness (QED) is 0.0461. The van der Waals surface area contributed by atoms with E-state index in [-0.39, 0.29) is 116 Å². The number of para-hydroxylation sites is 2. The third kappa shape index (κ3) is 12.7. The number of benzene rings is 3. The smallest absolute Gasteiger partial charge is 0.744 e. The summed E-state index contributed by atoms with van der Waals surface area (Å²) in [6.07, 6.45) is 4.29. The number of fused-ring (bicyclic) bond motifs is 1. The van der Waals surface area contributed by atoms with Gasteiger partial charge in [-0.3, -0.25) is 9.98 Å². The Labute approximate surface area is 344 Å². The number of carbonyl (C=O) groups is 1. The summed E-state index contributed by atoms with van der Waals surface area (Å²) in [6, 6.07) is 13.0. The molecule has 0 amide bonds. The van der Waals surface area contributed by atoms with Gasteiger partial charge in [0.05, 0.1) is 34.1 Å². The monoisotopic (exact) mass is 746 g/mol. The van der Waals surface area contributed by atoms with Gasteiger partial charge in [-0.1, -0.05) is 35.1 Å². The van der Waals surface area contributed by atoms with Crippen LogP contribution in [-0.4, -0.2) is 70.3 Å². The molecule has 0 spiro atoms. The minimum Gasteiger partial charge on any atom is -0.744 e. The molecule has 0 radical (unpaired) electrons. The second kappa shape index (κ2) is 19.8. The number of hydrogen-bond donors (Lipinski definition) is 3. The Bertz CT molecular complexity index is 2050. The maximum absolute atomic E-state index is 13.2. The number of azo groups is 1. The van der Waals surface area contributed by atoms with Crippen LogP contribution >= 0.6 is 0 Å². The molecule has 0 aromatic heterocycles. The largest absolute Gasteiger partial charge is 1.00 e. The van der Waals surface area contributed by atoms with Crippen LogP contribution in [-0.2, 0) is 30.4 Å². The molecule has 48 heavy (non-hydrogen) atoms.